The van der Waals surface area contributed by atoms with Crippen LogP contribution in [-0.4, -0.2) is 23.9 Å². The zero-order valence-corrected chi connectivity index (χ0v) is 8.18. The normalized spacial score (nSPS) is 35.8. The van der Waals surface area contributed by atoms with Crippen LogP contribution < -0.4 is 0 Å². The molecule has 2 atom stereocenters. The highest BCUT2D eigenvalue weighted by Gasteiger charge is 2.39. The Morgan fingerprint density at radius 3 is 2.83 bits per heavy atom. The quantitative estimate of drug-likeness (QED) is 0.702. The van der Waals surface area contributed by atoms with E-state index in [0.29, 0.717) is 19.1 Å². The van der Waals surface area contributed by atoms with E-state index in [-0.39, 0.29) is 0 Å². The Balaban J connectivity index is 2.43. The summed E-state index contributed by atoms with van der Waals surface area (Å²) in [5.41, 5.74) is -0.509. The van der Waals surface area contributed by atoms with Crippen molar-refractivity contribution >= 4 is 0 Å². The van der Waals surface area contributed by atoms with Crippen molar-refractivity contribution in [2.45, 2.75) is 45.1 Å². The van der Waals surface area contributed by atoms with Crippen molar-refractivity contribution in [1.29, 1.82) is 0 Å². The Kier molecular flexibility index (Phi) is 3.53. The maximum atomic E-state index is 10.2. The van der Waals surface area contributed by atoms with Crippen LogP contribution >= 0.6 is 0 Å². The van der Waals surface area contributed by atoms with E-state index in [1.54, 1.807) is 0 Å². The van der Waals surface area contributed by atoms with Crippen molar-refractivity contribution in [3.63, 3.8) is 0 Å². The van der Waals surface area contributed by atoms with Crippen LogP contribution in [0.5, 0.6) is 0 Å². The molecule has 72 valence electrons. The first kappa shape index (κ1) is 10.0. The van der Waals surface area contributed by atoms with Crippen LogP contribution in [0.15, 0.2) is 0 Å². The molecule has 1 rings (SSSR count). The Bertz CT molecular complexity index is 136. The smallest absolute Gasteiger partial charge is 0.0907 e. The molecular weight excluding hydrogens is 152 g/mol. The molecule has 0 spiro atoms. The molecule has 2 nitrogen and oxygen atoms in total. The summed E-state index contributed by atoms with van der Waals surface area (Å²) in [5, 5.41) is 10.2. The molecule has 1 aliphatic carbocycles. The fourth-order valence-electron chi connectivity index (χ4n) is 2.18. The molecule has 1 saturated carbocycles. The topological polar surface area (TPSA) is 29.5 Å². The van der Waals surface area contributed by atoms with Gasteiger partial charge in [0, 0.05) is 6.61 Å². The fourth-order valence-corrected chi connectivity index (χ4v) is 2.18. The zero-order valence-electron chi connectivity index (χ0n) is 8.18. The minimum atomic E-state index is -0.509. The van der Waals surface area contributed by atoms with Crippen molar-refractivity contribution in [1.82, 2.24) is 0 Å². The second-order valence-corrected chi connectivity index (χ2v) is 3.74. The van der Waals surface area contributed by atoms with Crippen molar-refractivity contribution in [3.8, 4) is 0 Å². The lowest BCUT2D eigenvalue weighted by molar-refractivity contribution is -0.0690. The predicted molar refractivity (Wildman–Crippen MR) is 49.1 cm³/mol. The predicted octanol–water partition coefficient (Wildman–Crippen LogP) is 1.96. The fraction of sp³-hybridized carbons (Fsp3) is 1.00. The molecule has 12 heavy (non-hydrogen) atoms. The summed E-state index contributed by atoms with van der Waals surface area (Å²) in [4.78, 5) is 0. The van der Waals surface area contributed by atoms with Crippen LogP contribution in [-0.2, 0) is 4.74 Å². The second-order valence-electron chi connectivity index (χ2n) is 3.74. The Labute approximate surface area is 74.9 Å². The van der Waals surface area contributed by atoms with Gasteiger partial charge in [-0.15, -0.1) is 0 Å². The van der Waals surface area contributed by atoms with E-state index in [0.717, 1.165) is 19.3 Å². The lowest BCUT2D eigenvalue weighted by Gasteiger charge is -2.28. The monoisotopic (exact) mass is 172 g/mol. The molecule has 1 N–H and O–H groups in total. The van der Waals surface area contributed by atoms with E-state index >= 15 is 0 Å². The average Bonchev–Trinajstić information content (AvgIpc) is 2.44. The van der Waals surface area contributed by atoms with Crippen molar-refractivity contribution in [2.24, 2.45) is 5.92 Å². The van der Waals surface area contributed by atoms with E-state index < -0.39 is 5.60 Å². The standard InChI is InChI=1S/C10H20O2/c1-3-9-6-5-7-10(9,11)8-12-4-2/h9,11H,3-8H2,1-2H3. The number of hydrogen-bond donors (Lipinski definition) is 1. The molecule has 0 saturated heterocycles. The molecule has 0 bridgehead atoms. The Morgan fingerprint density at radius 1 is 1.50 bits per heavy atom. The molecule has 2 heteroatoms. The zero-order chi connectivity index (χ0) is 9.03. The van der Waals surface area contributed by atoms with Crippen molar-refractivity contribution in [3.05, 3.63) is 0 Å². The molecule has 1 aliphatic rings. The second kappa shape index (κ2) is 4.24. The lowest BCUT2D eigenvalue weighted by atomic mass is 9.89. The van der Waals surface area contributed by atoms with Gasteiger partial charge in [-0.1, -0.05) is 19.8 Å². The van der Waals surface area contributed by atoms with Gasteiger partial charge in [0.25, 0.3) is 0 Å². The number of aliphatic hydroxyl groups is 1. The molecule has 0 aliphatic heterocycles. The van der Waals surface area contributed by atoms with E-state index in [2.05, 4.69) is 6.92 Å². The van der Waals surface area contributed by atoms with Crippen LogP contribution in [0.3, 0.4) is 0 Å². The van der Waals surface area contributed by atoms with Crippen LogP contribution in [0, 0.1) is 5.92 Å². The van der Waals surface area contributed by atoms with Gasteiger partial charge >= 0.3 is 0 Å². The Hall–Kier alpha value is -0.0800. The van der Waals surface area contributed by atoms with E-state index in [1.807, 2.05) is 6.92 Å². The van der Waals surface area contributed by atoms with Crippen LogP contribution in [0.4, 0.5) is 0 Å². The van der Waals surface area contributed by atoms with Crippen molar-refractivity contribution in [2.75, 3.05) is 13.2 Å². The molecule has 0 heterocycles. The van der Waals surface area contributed by atoms with E-state index in [4.69, 9.17) is 4.74 Å². The summed E-state index contributed by atoms with van der Waals surface area (Å²) in [6.07, 6.45) is 4.32. The molecule has 0 aromatic heterocycles. The van der Waals surface area contributed by atoms with Gasteiger partial charge in [-0.05, 0) is 25.7 Å². The summed E-state index contributed by atoms with van der Waals surface area (Å²) >= 11 is 0. The first-order chi connectivity index (χ1) is 5.73. The maximum absolute atomic E-state index is 10.2. The van der Waals surface area contributed by atoms with E-state index in [9.17, 15) is 5.11 Å². The third-order valence-electron chi connectivity index (χ3n) is 2.97. The summed E-state index contributed by atoms with van der Waals surface area (Å²) in [6, 6.07) is 0. The molecule has 0 amide bonds. The molecule has 0 aromatic rings. The summed E-state index contributed by atoms with van der Waals surface area (Å²) in [5.74, 6) is 0.462. The highest BCUT2D eigenvalue weighted by Crippen LogP contribution is 2.37. The maximum Gasteiger partial charge on any atom is 0.0907 e. The number of ether oxygens (including phenoxy) is 1. The highest BCUT2D eigenvalue weighted by molar-refractivity contribution is 4.91. The molecular formula is C10H20O2. The lowest BCUT2D eigenvalue weighted by Crippen LogP contribution is -2.38. The van der Waals surface area contributed by atoms with Crippen LogP contribution in [0.25, 0.3) is 0 Å². The average molecular weight is 172 g/mol. The number of hydrogen-bond acceptors (Lipinski definition) is 2. The SMILES string of the molecule is CCOCC1(O)CCCC1CC. The highest BCUT2D eigenvalue weighted by atomic mass is 16.5. The summed E-state index contributed by atoms with van der Waals surface area (Å²) in [7, 11) is 0. The third-order valence-corrected chi connectivity index (χ3v) is 2.97. The van der Waals surface area contributed by atoms with Gasteiger partial charge in [0.15, 0.2) is 0 Å². The summed E-state index contributed by atoms with van der Waals surface area (Å²) in [6.45, 7) is 5.35. The molecule has 1 fully saturated rings. The largest absolute Gasteiger partial charge is 0.387 e. The van der Waals surface area contributed by atoms with Gasteiger partial charge in [0.1, 0.15) is 0 Å². The molecule has 0 radical (unpaired) electrons. The first-order valence-electron chi connectivity index (χ1n) is 5.03. The summed E-state index contributed by atoms with van der Waals surface area (Å²) < 4.78 is 5.30. The minimum Gasteiger partial charge on any atom is -0.387 e. The van der Waals surface area contributed by atoms with Gasteiger partial charge in [-0.2, -0.15) is 0 Å². The van der Waals surface area contributed by atoms with Crippen LogP contribution in [0.2, 0.25) is 0 Å². The molecule has 0 aromatic carbocycles. The van der Waals surface area contributed by atoms with Crippen LogP contribution in [0.1, 0.15) is 39.5 Å². The third kappa shape index (κ3) is 1.99. The minimum absolute atomic E-state index is 0.462. The van der Waals surface area contributed by atoms with Gasteiger partial charge in [0.05, 0.1) is 12.2 Å². The van der Waals surface area contributed by atoms with Crippen molar-refractivity contribution < 1.29 is 9.84 Å². The Morgan fingerprint density at radius 2 is 2.25 bits per heavy atom. The molecule has 2 unspecified atom stereocenters. The van der Waals surface area contributed by atoms with Gasteiger partial charge in [0.2, 0.25) is 0 Å². The number of rotatable bonds is 4. The van der Waals surface area contributed by atoms with E-state index in [1.165, 1.54) is 6.42 Å². The first-order valence-corrected chi connectivity index (χ1v) is 5.03. The van der Waals surface area contributed by atoms with Gasteiger partial charge in [-0.3, -0.25) is 0 Å². The van der Waals surface area contributed by atoms with Gasteiger partial charge < -0.3 is 9.84 Å². The van der Waals surface area contributed by atoms with Gasteiger partial charge in [-0.25, -0.2) is 0 Å².